The Morgan fingerprint density at radius 1 is 0.875 bits per heavy atom. The quantitative estimate of drug-likeness (QED) is 0.711. The van der Waals surface area contributed by atoms with E-state index < -0.39 is 10.0 Å². The van der Waals surface area contributed by atoms with Crippen LogP contribution in [0.25, 0.3) is 0 Å². The Balaban J connectivity index is 1.61. The lowest BCUT2D eigenvalue weighted by molar-refractivity contribution is 0.0950. The molecular formula is C24H30FN3O3S. The molecule has 0 aromatic heterocycles. The van der Waals surface area contributed by atoms with Crippen LogP contribution in [0.1, 0.15) is 54.4 Å². The largest absolute Gasteiger partial charge is 0.370 e. The Morgan fingerprint density at radius 2 is 1.50 bits per heavy atom. The van der Waals surface area contributed by atoms with E-state index in [4.69, 9.17) is 0 Å². The molecule has 2 saturated heterocycles. The molecule has 1 N–H and O–H groups in total. The second kappa shape index (κ2) is 10.0. The molecule has 2 heterocycles. The minimum atomic E-state index is -3.70. The van der Waals surface area contributed by atoms with E-state index in [-0.39, 0.29) is 23.2 Å². The third-order valence-corrected chi connectivity index (χ3v) is 8.15. The van der Waals surface area contributed by atoms with Gasteiger partial charge in [0.2, 0.25) is 10.0 Å². The van der Waals surface area contributed by atoms with Gasteiger partial charge in [0.25, 0.3) is 5.91 Å². The lowest BCUT2D eigenvalue weighted by atomic mass is 10.1. The van der Waals surface area contributed by atoms with E-state index in [1.165, 1.54) is 18.2 Å². The topological polar surface area (TPSA) is 69.7 Å². The van der Waals surface area contributed by atoms with E-state index in [1.54, 1.807) is 28.6 Å². The molecule has 0 aliphatic carbocycles. The van der Waals surface area contributed by atoms with E-state index >= 15 is 0 Å². The number of carbonyl (C=O) groups excluding carboxylic acids is 1. The van der Waals surface area contributed by atoms with Crippen molar-refractivity contribution in [1.29, 1.82) is 0 Å². The molecular weight excluding hydrogens is 429 g/mol. The number of nitrogens with zero attached hydrogens (tertiary/aromatic N) is 2. The number of carbonyl (C=O) groups is 1. The van der Waals surface area contributed by atoms with E-state index in [0.29, 0.717) is 24.3 Å². The number of rotatable bonds is 6. The molecule has 8 heteroatoms. The Morgan fingerprint density at radius 3 is 2.16 bits per heavy atom. The molecule has 0 atom stereocenters. The number of hydrogen-bond acceptors (Lipinski definition) is 4. The molecule has 2 aromatic rings. The van der Waals surface area contributed by atoms with Gasteiger partial charge in [0.15, 0.2) is 0 Å². The standard InChI is InChI=1S/C24H30FN3O3S/c25-21-10-7-19(8-11-21)18-26-24(29)20-9-12-22(27-13-3-1-4-14-27)23(17-20)32(30,31)28-15-5-2-6-16-28/h7-12,17H,1-6,13-16,18H2,(H,26,29). The Bertz CT molecular complexity index is 1040. The van der Waals surface area contributed by atoms with Crippen molar-refractivity contribution in [1.82, 2.24) is 9.62 Å². The lowest BCUT2D eigenvalue weighted by Gasteiger charge is -2.33. The molecule has 2 fully saturated rings. The number of piperidine rings is 2. The predicted molar refractivity (Wildman–Crippen MR) is 123 cm³/mol. The summed E-state index contributed by atoms with van der Waals surface area (Å²) in [5.74, 6) is -0.685. The molecule has 2 aliphatic heterocycles. The third kappa shape index (κ3) is 5.13. The third-order valence-electron chi connectivity index (χ3n) is 6.22. The number of benzene rings is 2. The SMILES string of the molecule is O=C(NCc1ccc(F)cc1)c1ccc(N2CCCCC2)c(S(=O)(=O)N2CCCCC2)c1. The first-order chi connectivity index (χ1) is 15.4. The van der Waals surface area contributed by atoms with Gasteiger partial charge in [-0.05, 0) is 68.0 Å². The second-order valence-corrected chi connectivity index (χ2v) is 10.4. The molecule has 4 rings (SSSR count). The average molecular weight is 460 g/mol. The van der Waals surface area contributed by atoms with Crippen molar-refractivity contribution < 1.29 is 17.6 Å². The van der Waals surface area contributed by atoms with E-state index in [2.05, 4.69) is 10.2 Å². The van der Waals surface area contributed by atoms with Gasteiger partial charge in [-0.1, -0.05) is 18.6 Å². The van der Waals surface area contributed by atoms with Gasteiger partial charge in [0.05, 0.1) is 5.69 Å². The fourth-order valence-electron chi connectivity index (χ4n) is 4.39. The van der Waals surface area contributed by atoms with Crippen LogP contribution in [0.2, 0.25) is 0 Å². The molecule has 0 unspecified atom stereocenters. The smallest absolute Gasteiger partial charge is 0.251 e. The summed E-state index contributed by atoms with van der Waals surface area (Å²) in [7, 11) is -3.70. The van der Waals surface area contributed by atoms with Crippen LogP contribution in [0, 0.1) is 5.82 Å². The lowest BCUT2D eigenvalue weighted by Crippen LogP contribution is -2.38. The number of hydrogen-bond donors (Lipinski definition) is 1. The highest BCUT2D eigenvalue weighted by Crippen LogP contribution is 2.32. The number of sulfonamides is 1. The average Bonchev–Trinajstić information content (AvgIpc) is 2.84. The van der Waals surface area contributed by atoms with E-state index in [9.17, 15) is 17.6 Å². The molecule has 0 spiro atoms. The maximum atomic E-state index is 13.6. The minimum absolute atomic E-state index is 0.218. The molecule has 2 aromatic carbocycles. The zero-order chi connectivity index (χ0) is 22.6. The van der Waals surface area contributed by atoms with Gasteiger partial charge < -0.3 is 10.2 Å². The maximum Gasteiger partial charge on any atom is 0.251 e. The van der Waals surface area contributed by atoms with Crippen molar-refractivity contribution in [2.45, 2.75) is 50.0 Å². The Kier molecular flexibility index (Phi) is 7.10. The molecule has 0 bridgehead atoms. The fraction of sp³-hybridized carbons (Fsp3) is 0.458. The summed E-state index contributed by atoms with van der Waals surface area (Å²) >= 11 is 0. The van der Waals surface area contributed by atoms with Crippen molar-refractivity contribution in [3.8, 4) is 0 Å². The van der Waals surface area contributed by atoms with Crippen LogP contribution in [0.3, 0.4) is 0 Å². The van der Waals surface area contributed by atoms with Gasteiger partial charge in [-0.15, -0.1) is 0 Å². The summed E-state index contributed by atoms with van der Waals surface area (Å²) in [6.07, 6.45) is 5.96. The van der Waals surface area contributed by atoms with Gasteiger partial charge in [0, 0.05) is 38.3 Å². The van der Waals surface area contributed by atoms with Crippen LogP contribution in [0.5, 0.6) is 0 Å². The number of halogens is 1. The van der Waals surface area contributed by atoms with Crippen molar-refractivity contribution in [2.75, 3.05) is 31.1 Å². The Labute approximate surface area is 189 Å². The summed E-state index contributed by atoms with van der Waals surface area (Å²) in [5, 5.41) is 2.81. The monoisotopic (exact) mass is 459 g/mol. The predicted octanol–water partition coefficient (Wildman–Crippen LogP) is 3.92. The summed E-state index contributed by atoms with van der Waals surface area (Å²) in [4.78, 5) is 15.2. The van der Waals surface area contributed by atoms with Crippen LogP contribution in [0.4, 0.5) is 10.1 Å². The summed E-state index contributed by atoms with van der Waals surface area (Å²) in [5.41, 5.74) is 1.76. The second-order valence-electron chi connectivity index (χ2n) is 8.50. The van der Waals surface area contributed by atoms with Crippen LogP contribution in [-0.2, 0) is 16.6 Å². The summed E-state index contributed by atoms with van der Waals surface area (Å²) in [6, 6.07) is 10.9. The van der Waals surface area contributed by atoms with Crippen molar-refractivity contribution in [3.63, 3.8) is 0 Å². The first kappa shape index (κ1) is 22.7. The normalized spacial score (nSPS) is 17.8. The molecule has 1 amide bonds. The van der Waals surface area contributed by atoms with Crippen molar-refractivity contribution >= 4 is 21.6 Å². The van der Waals surface area contributed by atoms with Gasteiger partial charge in [-0.3, -0.25) is 4.79 Å². The van der Waals surface area contributed by atoms with Crippen molar-refractivity contribution in [2.24, 2.45) is 0 Å². The van der Waals surface area contributed by atoms with Crippen LogP contribution < -0.4 is 10.2 Å². The molecule has 0 radical (unpaired) electrons. The van der Waals surface area contributed by atoms with Gasteiger partial charge >= 0.3 is 0 Å². The Hall–Kier alpha value is -2.45. The zero-order valence-corrected chi connectivity index (χ0v) is 19.0. The first-order valence-corrected chi connectivity index (χ1v) is 12.8. The molecule has 32 heavy (non-hydrogen) atoms. The number of nitrogens with one attached hydrogen (secondary N) is 1. The highest BCUT2D eigenvalue weighted by atomic mass is 32.2. The van der Waals surface area contributed by atoms with E-state index in [1.807, 2.05) is 0 Å². The highest BCUT2D eigenvalue weighted by Gasteiger charge is 2.31. The molecule has 172 valence electrons. The fourth-order valence-corrected chi connectivity index (χ4v) is 6.14. The first-order valence-electron chi connectivity index (χ1n) is 11.4. The maximum absolute atomic E-state index is 13.6. The van der Waals surface area contributed by atoms with Crippen LogP contribution >= 0.6 is 0 Å². The minimum Gasteiger partial charge on any atom is -0.370 e. The van der Waals surface area contributed by atoms with Crippen LogP contribution in [0.15, 0.2) is 47.4 Å². The van der Waals surface area contributed by atoms with Gasteiger partial charge in [-0.2, -0.15) is 4.31 Å². The number of amides is 1. The van der Waals surface area contributed by atoms with Crippen molar-refractivity contribution in [3.05, 3.63) is 59.4 Å². The molecule has 6 nitrogen and oxygen atoms in total. The van der Waals surface area contributed by atoms with E-state index in [0.717, 1.165) is 57.2 Å². The number of anilines is 1. The van der Waals surface area contributed by atoms with Gasteiger partial charge in [0.1, 0.15) is 10.7 Å². The highest BCUT2D eigenvalue weighted by molar-refractivity contribution is 7.89. The summed E-state index contributed by atoms with van der Waals surface area (Å²) < 4.78 is 41.8. The molecule has 2 aliphatic rings. The zero-order valence-electron chi connectivity index (χ0n) is 18.2. The van der Waals surface area contributed by atoms with Gasteiger partial charge in [-0.25, -0.2) is 12.8 Å². The summed E-state index contributed by atoms with van der Waals surface area (Å²) in [6.45, 7) is 2.91. The molecule has 0 saturated carbocycles. The van der Waals surface area contributed by atoms with Crippen LogP contribution in [-0.4, -0.2) is 44.8 Å².